The molecule has 2 aromatic carbocycles. The second-order valence-corrected chi connectivity index (χ2v) is 4.99. The van der Waals surface area contributed by atoms with Gasteiger partial charge >= 0.3 is 0 Å². The fraction of sp³-hybridized carbons (Fsp3) is 0.176. The van der Waals surface area contributed by atoms with Gasteiger partial charge in [0.05, 0.1) is 0 Å². The number of hydrogen-bond donors (Lipinski definition) is 2. The monoisotopic (exact) mass is 316 g/mol. The van der Waals surface area contributed by atoms with Crippen molar-refractivity contribution < 1.29 is 18.7 Å². The Balaban J connectivity index is 1.86. The van der Waals surface area contributed by atoms with E-state index in [1.807, 2.05) is 0 Å². The summed E-state index contributed by atoms with van der Waals surface area (Å²) in [5.74, 6) is -0.689. The van der Waals surface area contributed by atoms with Gasteiger partial charge in [0.15, 0.2) is 6.10 Å². The summed E-state index contributed by atoms with van der Waals surface area (Å²) in [5, 5.41) is 2.71. The first-order valence-corrected chi connectivity index (χ1v) is 7.04. The molecule has 2 amide bonds. The molecule has 0 aliphatic heterocycles. The van der Waals surface area contributed by atoms with E-state index in [1.54, 1.807) is 31.2 Å². The van der Waals surface area contributed by atoms with Gasteiger partial charge in [-0.15, -0.1) is 0 Å². The van der Waals surface area contributed by atoms with E-state index in [0.717, 1.165) is 5.56 Å². The lowest BCUT2D eigenvalue weighted by atomic mass is 10.2. The topological polar surface area (TPSA) is 81.4 Å². The molecule has 1 atom stereocenters. The molecule has 2 aromatic rings. The number of primary amides is 1. The summed E-state index contributed by atoms with van der Waals surface area (Å²) in [4.78, 5) is 23.0. The molecule has 0 aliphatic carbocycles. The quantitative estimate of drug-likeness (QED) is 0.855. The van der Waals surface area contributed by atoms with Crippen molar-refractivity contribution in [3.63, 3.8) is 0 Å². The third-order valence-electron chi connectivity index (χ3n) is 3.20. The normalized spacial score (nSPS) is 11.6. The highest BCUT2D eigenvalue weighted by atomic mass is 19.1. The molecule has 0 bridgehead atoms. The van der Waals surface area contributed by atoms with E-state index in [2.05, 4.69) is 5.32 Å². The van der Waals surface area contributed by atoms with Crippen LogP contribution in [0.3, 0.4) is 0 Å². The number of nitrogens with two attached hydrogens (primary N) is 1. The average molecular weight is 316 g/mol. The number of carbonyl (C=O) groups is 2. The third kappa shape index (κ3) is 4.81. The van der Waals surface area contributed by atoms with Gasteiger partial charge in [0.2, 0.25) is 5.91 Å². The molecule has 0 unspecified atom stereocenters. The van der Waals surface area contributed by atoms with E-state index in [0.29, 0.717) is 11.3 Å². The van der Waals surface area contributed by atoms with Crippen LogP contribution in [0.4, 0.5) is 4.39 Å². The molecule has 0 aliphatic rings. The number of rotatable bonds is 6. The first-order valence-electron chi connectivity index (χ1n) is 7.04. The van der Waals surface area contributed by atoms with Crippen molar-refractivity contribution >= 4 is 11.8 Å². The Labute approximate surface area is 133 Å². The van der Waals surface area contributed by atoms with Crippen molar-refractivity contribution in [2.45, 2.75) is 19.6 Å². The summed E-state index contributed by atoms with van der Waals surface area (Å²) in [6.45, 7) is 1.90. The Kier molecular flexibility index (Phi) is 5.30. The van der Waals surface area contributed by atoms with Crippen LogP contribution in [0.1, 0.15) is 22.8 Å². The van der Waals surface area contributed by atoms with Crippen LogP contribution in [-0.2, 0) is 11.3 Å². The van der Waals surface area contributed by atoms with E-state index < -0.39 is 12.0 Å². The molecule has 0 fully saturated rings. The summed E-state index contributed by atoms with van der Waals surface area (Å²) in [6.07, 6.45) is -0.713. The van der Waals surface area contributed by atoms with Gasteiger partial charge in [0.25, 0.3) is 5.91 Å². The molecule has 0 radical (unpaired) electrons. The number of carbonyl (C=O) groups excluding carboxylic acids is 2. The summed E-state index contributed by atoms with van der Waals surface area (Å²) < 4.78 is 18.3. The second kappa shape index (κ2) is 7.40. The first-order chi connectivity index (χ1) is 11.0. The lowest BCUT2D eigenvalue weighted by molar-refractivity contribution is -0.127. The zero-order chi connectivity index (χ0) is 16.8. The number of halogens is 1. The maximum atomic E-state index is 12.8. The molecule has 3 N–H and O–H groups in total. The molecule has 0 spiro atoms. The Morgan fingerprint density at radius 2 is 1.74 bits per heavy atom. The minimum Gasteiger partial charge on any atom is -0.481 e. The van der Waals surface area contributed by atoms with Crippen molar-refractivity contribution in [1.29, 1.82) is 0 Å². The van der Waals surface area contributed by atoms with Gasteiger partial charge in [0.1, 0.15) is 11.6 Å². The lowest BCUT2D eigenvalue weighted by Gasteiger charge is -2.15. The fourth-order valence-electron chi connectivity index (χ4n) is 1.89. The van der Waals surface area contributed by atoms with Crippen LogP contribution in [-0.4, -0.2) is 17.9 Å². The Hall–Kier alpha value is -2.89. The van der Waals surface area contributed by atoms with Gasteiger partial charge in [-0.25, -0.2) is 4.39 Å². The predicted octanol–water partition coefficient (Wildman–Crippen LogP) is 2.01. The number of benzene rings is 2. The highest BCUT2D eigenvalue weighted by Crippen LogP contribution is 2.14. The van der Waals surface area contributed by atoms with Crippen LogP contribution in [0.15, 0.2) is 48.5 Å². The fourth-order valence-corrected chi connectivity index (χ4v) is 1.89. The minimum absolute atomic E-state index is 0.285. The van der Waals surface area contributed by atoms with Crippen LogP contribution < -0.4 is 15.8 Å². The van der Waals surface area contributed by atoms with Crippen molar-refractivity contribution in [3.8, 4) is 5.75 Å². The zero-order valence-corrected chi connectivity index (χ0v) is 12.6. The molecular formula is C17H17FN2O3. The van der Waals surface area contributed by atoms with E-state index in [1.165, 1.54) is 24.3 Å². The average Bonchev–Trinajstić information content (AvgIpc) is 2.54. The molecule has 120 valence electrons. The van der Waals surface area contributed by atoms with Crippen LogP contribution in [0, 0.1) is 5.82 Å². The number of nitrogens with one attached hydrogen (secondary N) is 1. The highest BCUT2D eigenvalue weighted by molar-refractivity contribution is 5.92. The molecule has 0 saturated heterocycles. The molecule has 23 heavy (non-hydrogen) atoms. The minimum atomic E-state index is -0.713. The maximum absolute atomic E-state index is 12.8. The van der Waals surface area contributed by atoms with Gasteiger partial charge in [0, 0.05) is 12.1 Å². The summed E-state index contributed by atoms with van der Waals surface area (Å²) in [6, 6.07) is 12.1. The van der Waals surface area contributed by atoms with Crippen LogP contribution in [0.25, 0.3) is 0 Å². The third-order valence-corrected chi connectivity index (χ3v) is 3.20. The molecule has 0 aromatic heterocycles. The standard InChI is InChI=1S/C17H17FN2O3/c1-11(23-15-8-4-13(5-9-15)16(19)21)17(22)20-10-12-2-6-14(18)7-3-12/h2-9,11H,10H2,1H3,(H2,19,21)(H,20,22)/t11-/m0/s1. The smallest absolute Gasteiger partial charge is 0.261 e. The lowest BCUT2D eigenvalue weighted by Crippen LogP contribution is -2.35. The van der Waals surface area contributed by atoms with Crippen molar-refractivity contribution in [2.24, 2.45) is 5.73 Å². The molecule has 0 heterocycles. The Morgan fingerprint density at radius 1 is 1.13 bits per heavy atom. The second-order valence-electron chi connectivity index (χ2n) is 4.99. The van der Waals surface area contributed by atoms with Crippen LogP contribution in [0.5, 0.6) is 5.75 Å². The maximum Gasteiger partial charge on any atom is 0.261 e. The number of hydrogen-bond acceptors (Lipinski definition) is 3. The summed E-state index contributed by atoms with van der Waals surface area (Å²) in [5.41, 5.74) is 6.31. The SMILES string of the molecule is C[C@H](Oc1ccc(C(N)=O)cc1)C(=O)NCc1ccc(F)cc1. The predicted molar refractivity (Wildman–Crippen MR) is 83.3 cm³/mol. The molecule has 6 heteroatoms. The summed E-state index contributed by atoms with van der Waals surface area (Å²) >= 11 is 0. The number of amides is 2. The van der Waals surface area contributed by atoms with Gasteiger partial charge in [-0.3, -0.25) is 9.59 Å². The first kappa shape index (κ1) is 16.5. The highest BCUT2D eigenvalue weighted by Gasteiger charge is 2.14. The van der Waals surface area contributed by atoms with Crippen LogP contribution in [0.2, 0.25) is 0 Å². The van der Waals surface area contributed by atoms with E-state index >= 15 is 0 Å². The number of ether oxygens (including phenoxy) is 1. The van der Waals surface area contributed by atoms with E-state index in [4.69, 9.17) is 10.5 Å². The van der Waals surface area contributed by atoms with Crippen molar-refractivity contribution in [1.82, 2.24) is 5.32 Å². The van der Waals surface area contributed by atoms with Gasteiger partial charge in [-0.1, -0.05) is 12.1 Å². The molecule has 5 nitrogen and oxygen atoms in total. The molecular weight excluding hydrogens is 299 g/mol. The van der Waals surface area contributed by atoms with Crippen molar-refractivity contribution in [2.75, 3.05) is 0 Å². The Morgan fingerprint density at radius 3 is 2.30 bits per heavy atom. The van der Waals surface area contributed by atoms with E-state index in [-0.39, 0.29) is 18.3 Å². The summed E-state index contributed by atoms with van der Waals surface area (Å²) in [7, 11) is 0. The van der Waals surface area contributed by atoms with Crippen LogP contribution >= 0.6 is 0 Å². The largest absolute Gasteiger partial charge is 0.481 e. The van der Waals surface area contributed by atoms with Gasteiger partial charge in [-0.05, 0) is 48.9 Å². The Bertz CT molecular complexity index is 684. The zero-order valence-electron chi connectivity index (χ0n) is 12.6. The molecule has 0 saturated carbocycles. The van der Waals surface area contributed by atoms with E-state index in [9.17, 15) is 14.0 Å². The van der Waals surface area contributed by atoms with Crippen molar-refractivity contribution in [3.05, 3.63) is 65.5 Å². The van der Waals surface area contributed by atoms with Gasteiger partial charge < -0.3 is 15.8 Å². The molecule has 2 rings (SSSR count). The van der Waals surface area contributed by atoms with Gasteiger partial charge in [-0.2, -0.15) is 0 Å².